The van der Waals surface area contributed by atoms with E-state index in [0.29, 0.717) is 38.7 Å². The van der Waals surface area contributed by atoms with Gasteiger partial charge in [0.2, 0.25) is 0 Å². The van der Waals surface area contributed by atoms with Crippen LogP contribution in [-0.2, 0) is 20.8 Å². The van der Waals surface area contributed by atoms with Crippen molar-refractivity contribution in [1.29, 1.82) is 0 Å². The maximum absolute atomic E-state index is 5.63. The van der Waals surface area contributed by atoms with Crippen LogP contribution >= 0.6 is 0 Å². The van der Waals surface area contributed by atoms with Crippen LogP contribution in [0.15, 0.2) is 18.3 Å². The van der Waals surface area contributed by atoms with Crippen molar-refractivity contribution in [2.24, 2.45) is 0 Å². The number of aromatic nitrogens is 1. The normalized spacial score (nSPS) is 10.6. The van der Waals surface area contributed by atoms with Crippen molar-refractivity contribution < 1.29 is 14.2 Å². The first kappa shape index (κ1) is 13.9. The summed E-state index contributed by atoms with van der Waals surface area (Å²) in [6.45, 7) is 3.10. The molecule has 0 radical (unpaired) electrons. The molecule has 5 nitrogen and oxygen atoms in total. The van der Waals surface area contributed by atoms with E-state index >= 15 is 0 Å². The van der Waals surface area contributed by atoms with E-state index in [-0.39, 0.29) is 0 Å². The molecule has 0 aliphatic carbocycles. The summed E-state index contributed by atoms with van der Waals surface area (Å²) < 4.78 is 15.6. The smallest absolute Gasteiger partial charge is 0.0888 e. The van der Waals surface area contributed by atoms with Crippen LogP contribution in [0.5, 0.6) is 0 Å². The predicted octanol–water partition coefficient (Wildman–Crippen LogP) is 1.23. The maximum atomic E-state index is 5.63. The summed E-state index contributed by atoms with van der Waals surface area (Å²) in [5, 5.41) is 0. The molecule has 1 aromatic rings. The average molecular weight is 240 g/mol. The molecule has 17 heavy (non-hydrogen) atoms. The highest BCUT2D eigenvalue weighted by Gasteiger charge is 1.95. The lowest BCUT2D eigenvalue weighted by molar-refractivity contribution is 0.0478. The molecule has 0 bridgehead atoms. The van der Waals surface area contributed by atoms with Gasteiger partial charge in [-0.25, -0.2) is 0 Å². The first-order chi connectivity index (χ1) is 8.33. The van der Waals surface area contributed by atoms with Crippen molar-refractivity contribution in [2.45, 2.75) is 13.0 Å². The molecule has 0 aliphatic heterocycles. The number of nitrogens with two attached hydrogens (primary N) is 1. The number of hydrogen-bond donors (Lipinski definition) is 1. The van der Waals surface area contributed by atoms with Gasteiger partial charge in [-0.2, -0.15) is 0 Å². The molecule has 0 amide bonds. The topological polar surface area (TPSA) is 66.6 Å². The molecule has 0 fully saturated rings. The zero-order valence-corrected chi connectivity index (χ0v) is 10.2. The Bertz CT molecular complexity index is 308. The van der Waals surface area contributed by atoms with Crippen molar-refractivity contribution in [3.05, 3.63) is 24.0 Å². The average Bonchev–Trinajstić information content (AvgIpc) is 2.33. The van der Waals surface area contributed by atoms with Gasteiger partial charge in [0.1, 0.15) is 0 Å². The molecular weight excluding hydrogens is 220 g/mol. The molecule has 1 heterocycles. The van der Waals surface area contributed by atoms with Gasteiger partial charge in [0.05, 0.1) is 25.5 Å². The molecule has 0 aliphatic rings. The molecule has 96 valence electrons. The van der Waals surface area contributed by atoms with Gasteiger partial charge in [-0.15, -0.1) is 0 Å². The summed E-state index contributed by atoms with van der Waals surface area (Å²) >= 11 is 0. The fourth-order valence-electron chi connectivity index (χ4n) is 1.26. The molecule has 0 saturated carbocycles. The van der Waals surface area contributed by atoms with E-state index in [1.54, 1.807) is 19.4 Å². The van der Waals surface area contributed by atoms with Gasteiger partial charge in [0.15, 0.2) is 0 Å². The molecule has 2 N–H and O–H groups in total. The number of ether oxygens (including phenoxy) is 3. The van der Waals surface area contributed by atoms with Gasteiger partial charge in [0, 0.05) is 32.2 Å². The number of methoxy groups -OCH3 is 1. The highest BCUT2D eigenvalue weighted by atomic mass is 16.5. The van der Waals surface area contributed by atoms with Crippen LogP contribution in [0, 0.1) is 0 Å². The van der Waals surface area contributed by atoms with Crippen molar-refractivity contribution in [2.75, 3.05) is 39.3 Å². The molecule has 1 rings (SSSR count). The summed E-state index contributed by atoms with van der Waals surface area (Å²) in [6, 6.07) is 3.57. The Labute approximate surface area is 102 Å². The van der Waals surface area contributed by atoms with Crippen LogP contribution in [0.2, 0.25) is 0 Å². The zero-order valence-electron chi connectivity index (χ0n) is 10.2. The molecule has 0 saturated heterocycles. The highest BCUT2D eigenvalue weighted by molar-refractivity contribution is 5.36. The lowest BCUT2D eigenvalue weighted by Gasteiger charge is -2.05. The summed E-state index contributed by atoms with van der Waals surface area (Å²) in [5.74, 6) is 0. The minimum Gasteiger partial charge on any atom is -0.399 e. The second kappa shape index (κ2) is 8.92. The van der Waals surface area contributed by atoms with E-state index in [4.69, 9.17) is 19.9 Å². The summed E-state index contributed by atoms with van der Waals surface area (Å²) in [4.78, 5) is 4.15. The van der Waals surface area contributed by atoms with Gasteiger partial charge in [-0.1, -0.05) is 0 Å². The Morgan fingerprint density at radius 1 is 1.18 bits per heavy atom. The van der Waals surface area contributed by atoms with Gasteiger partial charge in [-0.05, 0) is 18.6 Å². The van der Waals surface area contributed by atoms with Crippen LogP contribution in [0.1, 0.15) is 12.1 Å². The van der Waals surface area contributed by atoms with Crippen LogP contribution in [0.25, 0.3) is 0 Å². The molecule has 5 heteroatoms. The first-order valence-corrected chi connectivity index (χ1v) is 5.68. The molecule has 0 aromatic carbocycles. The van der Waals surface area contributed by atoms with Crippen LogP contribution in [-0.4, -0.2) is 38.5 Å². The number of rotatable bonds is 9. The molecule has 0 unspecified atom stereocenters. The third-order valence-corrected chi connectivity index (χ3v) is 2.10. The largest absolute Gasteiger partial charge is 0.399 e. The molecule has 0 atom stereocenters. The van der Waals surface area contributed by atoms with Crippen molar-refractivity contribution >= 4 is 5.69 Å². The van der Waals surface area contributed by atoms with Crippen LogP contribution in [0.3, 0.4) is 0 Å². The van der Waals surface area contributed by atoms with Crippen molar-refractivity contribution in [1.82, 2.24) is 4.98 Å². The van der Waals surface area contributed by atoms with Gasteiger partial charge in [0.25, 0.3) is 0 Å². The quantitative estimate of drug-likeness (QED) is 0.658. The number of anilines is 1. The second-order valence-electron chi connectivity index (χ2n) is 3.59. The van der Waals surface area contributed by atoms with Crippen molar-refractivity contribution in [3.8, 4) is 0 Å². The minimum absolute atomic E-state index is 0.489. The minimum atomic E-state index is 0.489. The predicted molar refractivity (Wildman–Crippen MR) is 65.6 cm³/mol. The molecule has 1 aromatic heterocycles. The van der Waals surface area contributed by atoms with Crippen LogP contribution < -0.4 is 5.73 Å². The number of nitrogens with zero attached hydrogens (tertiary/aromatic N) is 1. The Balaban J connectivity index is 1.97. The fourth-order valence-corrected chi connectivity index (χ4v) is 1.26. The second-order valence-corrected chi connectivity index (χ2v) is 3.59. The lowest BCUT2D eigenvalue weighted by Crippen LogP contribution is -2.06. The summed E-state index contributed by atoms with van der Waals surface area (Å²) in [5.41, 5.74) is 7.19. The highest BCUT2D eigenvalue weighted by Crippen LogP contribution is 2.04. The monoisotopic (exact) mass is 240 g/mol. The van der Waals surface area contributed by atoms with E-state index in [2.05, 4.69) is 4.98 Å². The first-order valence-electron chi connectivity index (χ1n) is 5.68. The van der Waals surface area contributed by atoms with E-state index < -0.39 is 0 Å². The fraction of sp³-hybridized carbons (Fsp3) is 0.583. The Morgan fingerprint density at radius 2 is 2.00 bits per heavy atom. The number of hydrogen-bond acceptors (Lipinski definition) is 5. The summed E-state index contributed by atoms with van der Waals surface area (Å²) in [7, 11) is 1.66. The number of pyridine rings is 1. The SMILES string of the molecule is COCCOCCCOCc1cc(N)ccn1. The van der Waals surface area contributed by atoms with Gasteiger partial charge < -0.3 is 19.9 Å². The van der Waals surface area contributed by atoms with E-state index in [1.807, 2.05) is 6.07 Å². The Morgan fingerprint density at radius 3 is 2.76 bits per heavy atom. The number of nitrogen functional groups attached to an aromatic ring is 1. The van der Waals surface area contributed by atoms with Gasteiger partial charge in [-0.3, -0.25) is 4.98 Å². The standard InChI is InChI=1S/C12H20N2O3/c1-15-7-8-16-5-2-6-17-10-12-9-11(13)3-4-14-12/h3-4,9H,2,5-8,10H2,1H3,(H2,13,14). The lowest BCUT2D eigenvalue weighted by atomic mass is 10.3. The van der Waals surface area contributed by atoms with Crippen LogP contribution in [0.4, 0.5) is 5.69 Å². The third-order valence-electron chi connectivity index (χ3n) is 2.10. The third kappa shape index (κ3) is 6.88. The van der Waals surface area contributed by atoms with E-state index in [0.717, 1.165) is 12.1 Å². The Hall–Kier alpha value is -1.17. The molecule has 0 spiro atoms. The van der Waals surface area contributed by atoms with E-state index in [1.165, 1.54) is 0 Å². The van der Waals surface area contributed by atoms with E-state index in [9.17, 15) is 0 Å². The zero-order chi connectivity index (χ0) is 12.3. The van der Waals surface area contributed by atoms with Crippen molar-refractivity contribution in [3.63, 3.8) is 0 Å². The molecular formula is C12H20N2O3. The maximum Gasteiger partial charge on any atom is 0.0888 e. The summed E-state index contributed by atoms with van der Waals surface area (Å²) in [6.07, 6.45) is 2.55. The van der Waals surface area contributed by atoms with Gasteiger partial charge >= 0.3 is 0 Å². The Kier molecular flexibility index (Phi) is 7.29.